The minimum atomic E-state index is -0.0193. The van der Waals surface area contributed by atoms with E-state index in [4.69, 9.17) is 5.73 Å². The Hall–Kier alpha value is -1.68. The van der Waals surface area contributed by atoms with Crippen molar-refractivity contribution in [1.82, 2.24) is 9.55 Å². The van der Waals surface area contributed by atoms with E-state index in [0.29, 0.717) is 18.5 Å². The topological polar surface area (TPSA) is 60.9 Å². The van der Waals surface area contributed by atoms with Crippen LogP contribution in [0.1, 0.15) is 5.56 Å². The van der Waals surface area contributed by atoms with Crippen molar-refractivity contribution in [2.75, 3.05) is 6.54 Å². The van der Waals surface area contributed by atoms with Crippen LogP contribution in [0.15, 0.2) is 29.3 Å². The predicted molar refractivity (Wildman–Crippen MR) is 59.8 cm³/mol. The van der Waals surface area contributed by atoms with Gasteiger partial charge in [0, 0.05) is 13.1 Å². The van der Waals surface area contributed by atoms with Crippen molar-refractivity contribution in [1.29, 1.82) is 0 Å². The maximum atomic E-state index is 11.9. The molecule has 0 fully saturated rings. The first-order chi connectivity index (χ1) is 7.24. The number of hydrogen-bond donors (Lipinski definition) is 1. The molecule has 1 aromatic carbocycles. The molecule has 0 bridgehead atoms. The average Bonchev–Trinajstić information content (AvgIpc) is 2.23. The second kappa shape index (κ2) is 3.82. The highest BCUT2D eigenvalue weighted by Crippen LogP contribution is 2.10. The summed E-state index contributed by atoms with van der Waals surface area (Å²) >= 11 is 0. The lowest BCUT2D eigenvalue weighted by Gasteiger charge is -2.05. The molecule has 0 radical (unpaired) electrons. The minimum Gasteiger partial charge on any atom is -0.329 e. The molecule has 0 saturated carbocycles. The average molecular weight is 203 g/mol. The van der Waals surface area contributed by atoms with Gasteiger partial charge in [-0.15, -0.1) is 0 Å². The summed E-state index contributed by atoms with van der Waals surface area (Å²) < 4.78 is 1.54. The maximum Gasteiger partial charge on any atom is 0.261 e. The molecule has 1 heterocycles. The highest BCUT2D eigenvalue weighted by molar-refractivity contribution is 5.80. The molecule has 2 N–H and O–H groups in total. The standard InChI is InChI=1S/C11H13N3O/c1-8-3-2-4-9-10(8)13-7-14(6-5-12)11(9)15/h2-4,7H,5-6,12H2,1H3. The highest BCUT2D eigenvalue weighted by Gasteiger charge is 2.04. The summed E-state index contributed by atoms with van der Waals surface area (Å²) in [6.45, 7) is 2.90. The second-order valence-electron chi connectivity index (χ2n) is 3.50. The molecular formula is C11H13N3O. The molecule has 0 aliphatic heterocycles. The molecule has 2 aromatic rings. The third-order valence-corrected chi connectivity index (χ3v) is 2.43. The lowest BCUT2D eigenvalue weighted by atomic mass is 10.1. The summed E-state index contributed by atoms with van der Waals surface area (Å²) in [5.74, 6) is 0. The van der Waals surface area contributed by atoms with E-state index in [-0.39, 0.29) is 5.56 Å². The fourth-order valence-corrected chi connectivity index (χ4v) is 1.64. The molecule has 2 rings (SSSR count). The Bertz CT molecular complexity index is 545. The number of aryl methyl sites for hydroxylation is 1. The van der Waals surface area contributed by atoms with Crippen LogP contribution < -0.4 is 11.3 Å². The number of para-hydroxylation sites is 1. The van der Waals surface area contributed by atoms with Crippen LogP contribution in [0, 0.1) is 6.92 Å². The fourth-order valence-electron chi connectivity index (χ4n) is 1.64. The Morgan fingerprint density at radius 2 is 2.27 bits per heavy atom. The van der Waals surface area contributed by atoms with Gasteiger partial charge in [0.15, 0.2) is 0 Å². The first-order valence-corrected chi connectivity index (χ1v) is 4.89. The van der Waals surface area contributed by atoms with Crippen molar-refractivity contribution < 1.29 is 0 Å². The van der Waals surface area contributed by atoms with E-state index < -0.39 is 0 Å². The van der Waals surface area contributed by atoms with Crippen LogP contribution in [0.25, 0.3) is 10.9 Å². The number of aromatic nitrogens is 2. The largest absolute Gasteiger partial charge is 0.329 e. The van der Waals surface area contributed by atoms with Gasteiger partial charge >= 0.3 is 0 Å². The zero-order chi connectivity index (χ0) is 10.8. The molecule has 78 valence electrons. The third kappa shape index (κ3) is 1.64. The van der Waals surface area contributed by atoms with Gasteiger partial charge in [-0.2, -0.15) is 0 Å². The van der Waals surface area contributed by atoms with Gasteiger partial charge in [0.05, 0.1) is 17.2 Å². The molecule has 0 aliphatic carbocycles. The SMILES string of the molecule is Cc1cccc2c(=O)n(CCN)cnc12. The van der Waals surface area contributed by atoms with Gasteiger partial charge in [-0.1, -0.05) is 12.1 Å². The Morgan fingerprint density at radius 1 is 1.47 bits per heavy atom. The van der Waals surface area contributed by atoms with Gasteiger partial charge in [0.25, 0.3) is 5.56 Å². The molecule has 4 heteroatoms. The van der Waals surface area contributed by atoms with Crippen molar-refractivity contribution in [3.8, 4) is 0 Å². The Kier molecular flexibility index (Phi) is 2.51. The van der Waals surface area contributed by atoms with Crippen LogP contribution in [-0.4, -0.2) is 16.1 Å². The van der Waals surface area contributed by atoms with Gasteiger partial charge < -0.3 is 5.73 Å². The molecule has 0 spiro atoms. The molecule has 0 unspecified atom stereocenters. The summed E-state index contributed by atoms with van der Waals surface area (Å²) in [5.41, 5.74) is 7.19. The van der Waals surface area contributed by atoms with Crippen LogP contribution >= 0.6 is 0 Å². The Morgan fingerprint density at radius 3 is 3.00 bits per heavy atom. The number of benzene rings is 1. The van der Waals surface area contributed by atoms with E-state index >= 15 is 0 Å². The van der Waals surface area contributed by atoms with E-state index in [9.17, 15) is 4.79 Å². The molecule has 15 heavy (non-hydrogen) atoms. The highest BCUT2D eigenvalue weighted by atomic mass is 16.1. The molecule has 0 aliphatic rings. The van der Waals surface area contributed by atoms with E-state index in [2.05, 4.69) is 4.98 Å². The van der Waals surface area contributed by atoms with Crippen LogP contribution in [-0.2, 0) is 6.54 Å². The van der Waals surface area contributed by atoms with Crippen LogP contribution in [0.2, 0.25) is 0 Å². The summed E-state index contributed by atoms with van der Waals surface area (Å²) in [5, 5.41) is 0.658. The summed E-state index contributed by atoms with van der Waals surface area (Å²) in [6, 6.07) is 5.61. The number of rotatable bonds is 2. The van der Waals surface area contributed by atoms with Gasteiger partial charge in [0.2, 0.25) is 0 Å². The Balaban J connectivity index is 2.75. The van der Waals surface area contributed by atoms with Gasteiger partial charge in [0.1, 0.15) is 0 Å². The van der Waals surface area contributed by atoms with Crippen LogP contribution in [0.5, 0.6) is 0 Å². The van der Waals surface area contributed by atoms with E-state index in [1.807, 2.05) is 19.1 Å². The molecular weight excluding hydrogens is 190 g/mol. The zero-order valence-corrected chi connectivity index (χ0v) is 8.60. The smallest absolute Gasteiger partial charge is 0.261 e. The van der Waals surface area contributed by atoms with Gasteiger partial charge in [-0.25, -0.2) is 4.98 Å². The molecule has 0 atom stereocenters. The second-order valence-corrected chi connectivity index (χ2v) is 3.50. The first-order valence-electron chi connectivity index (χ1n) is 4.89. The van der Waals surface area contributed by atoms with Crippen molar-refractivity contribution >= 4 is 10.9 Å². The maximum absolute atomic E-state index is 11.9. The summed E-state index contributed by atoms with van der Waals surface area (Å²) in [7, 11) is 0. The van der Waals surface area contributed by atoms with E-state index in [1.54, 1.807) is 17.0 Å². The summed E-state index contributed by atoms with van der Waals surface area (Å²) in [6.07, 6.45) is 1.56. The van der Waals surface area contributed by atoms with Crippen molar-refractivity contribution in [2.24, 2.45) is 5.73 Å². The number of hydrogen-bond acceptors (Lipinski definition) is 3. The predicted octanol–water partition coefficient (Wildman–Crippen LogP) is 0.664. The van der Waals surface area contributed by atoms with Crippen molar-refractivity contribution in [3.05, 3.63) is 40.4 Å². The molecule has 0 amide bonds. The van der Waals surface area contributed by atoms with Crippen LogP contribution in [0.3, 0.4) is 0 Å². The van der Waals surface area contributed by atoms with Crippen molar-refractivity contribution in [3.63, 3.8) is 0 Å². The molecule has 1 aromatic heterocycles. The van der Waals surface area contributed by atoms with E-state index in [0.717, 1.165) is 11.1 Å². The number of nitrogens with zero attached hydrogens (tertiary/aromatic N) is 2. The third-order valence-electron chi connectivity index (χ3n) is 2.43. The van der Waals surface area contributed by atoms with Crippen LogP contribution in [0.4, 0.5) is 0 Å². The number of fused-ring (bicyclic) bond motifs is 1. The van der Waals surface area contributed by atoms with Crippen molar-refractivity contribution in [2.45, 2.75) is 13.5 Å². The van der Waals surface area contributed by atoms with E-state index in [1.165, 1.54) is 0 Å². The monoisotopic (exact) mass is 203 g/mol. The quantitative estimate of drug-likeness (QED) is 0.780. The minimum absolute atomic E-state index is 0.0193. The molecule has 4 nitrogen and oxygen atoms in total. The first kappa shape index (κ1) is 9.86. The van der Waals surface area contributed by atoms with Gasteiger partial charge in [-0.05, 0) is 18.6 Å². The lowest BCUT2D eigenvalue weighted by Crippen LogP contribution is -2.24. The number of nitrogens with two attached hydrogens (primary N) is 1. The lowest BCUT2D eigenvalue weighted by molar-refractivity contribution is 0.673. The Labute approximate surface area is 87.4 Å². The van der Waals surface area contributed by atoms with Gasteiger partial charge in [-0.3, -0.25) is 9.36 Å². The zero-order valence-electron chi connectivity index (χ0n) is 8.60. The summed E-state index contributed by atoms with van der Waals surface area (Å²) in [4.78, 5) is 16.2. The molecule has 0 saturated heterocycles. The normalized spacial score (nSPS) is 10.8. The fraction of sp³-hybridized carbons (Fsp3) is 0.273.